The number of aliphatic hydroxyl groups excluding tert-OH is 1. The van der Waals surface area contributed by atoms with Crippen LogP contribution in [0.1, 0.15) is 37.4 Å². The van der Waals surface area contributed by atoms with Gasteiger partial charge < -0.3 is 15.7 Å². The summed E-state index contributed by atoms with van der Waals surface area (Å²) in [6, 6.07) is 3.45. The monoisotopic (exact) mass is 339 g/mol. The zero-order valence-corrected chi connectivity index (χ0v) is 13.5. The van der Waals surface area contributed by atoms with Gasteiger partial charge in [-0.15, -0.1) is 0 Å². The second-order valence-electron chi connectivity index (χ2n) is 6.50. The molecule has 2 heterocycles. The minimum atomic E-state index is -1.42. The molecule has 0 aliphatic carbocycles. The topological polar surface area (TPSA) is 64.6 Å². The summed E-state index contributed by atoms with van der Waals surface area (Å²) in [7, 11) is 0. The van der Waals surface area contributed by atoms with Gasteiger partial charge in [0, 0.05) is 25.2 Å². The van der Waals surface area contributed by atoms with Crippen LogP contribution in [0.3, 0.4) is 0 Å². The third-order valence-electron chi connectivity index (χ3n) is 4.96. The molecule has 3 rings (SSSR count). The molecule has 0 radical (unpaired) electrons. The molecule has 24 heavy (non-hydrogen) atoms. The molecule has 5 nitrogen and oxygen atoms in total. The van der Waals surface area contributed by atoms with Crippen molar-refractivity contribution in [2.45, 2.75) is 43.9 Å². The lowest BCUT2D eigenvalue weighted by Gasteiger charge is -2.32. The Balaban J connectivity index is 1.50. The number of fused-ring (bicyclic) bond motifs is 1. The lowest BCUT2D eigenvalue weighted by atomic mass is 9.99. The zero-order chi connectivity index (χ0) is 17.1. The molecule has 132 valence electrons. The van der Waals surface area contributed by atoms with Gasteiger partial charge in [-0.3, -0.25) is 4.90 Å². The van der Waals surface area contributed by atoms with Crippen LogP contribution in [0.5, 0.6) is 0 Å². The standard InChI is InChI=1S/C17H23F2N3O2/c18-11-4-3-5-12(19)16(11)15(23)10-20-17(24)21-13-7-9-22-8-2-1-6-14(13)22/h3-5,13-15,23H,1-2,6-10H2,(H2,20,21,24). The number of piperidine rings is 1. The number of aliphatic hydroxyl groups is 1. The van der Waals surface area contributed by atoms with Crippen LogP contribution in [-0.2, 0) is 0 Å². The normalized spacial score (nSPS) is 25.1. The highest BCUT2D eigenvalue weighted by Crippen LogP contribution is 2.27. The summed E-state index contributed by atoms with van der Waals surface area (Å²) in [6.45, 7) is 1.82. The Morgan fingerprint density at radius 2 is 2.00 bits per heavy atom. The number of rotatable bonds is 4. The number of carbonyl (C=O) groups is 1. The van der Waals surface area contributed by atoms with E-state index in [4.69, 9.17) is 0 Å². The highest BCUT2D eigenvalue weighted by molar-refractivity contribution is 5.74. The molecular weight excluding hydrogens is 316 g/mol. The minimum absolute atomic E-state index is 0.0904. The number of urea groups is 1. The number of nitrogens with zero attached hydrogens (tertiary/aromatic N) is 1. The molecular formula is C17H23F2N3O2. The number of benzene rings is 1. The summed E-state index contributed by atoms with van der Waals surface area (Å²) in [5, 5.41) is 15.4. The van der Waals surface area contributed by atoms with Crippen molar-refractivity contribution >= 4 is 6.03 Å². The van der Waals surface area contributed by atoms with Gasteiger partial charge in [0.15, 0.2) is 0 Å². The maximum Gasteiger partial charge on any atom is 0.315 e. The molecule has 0 spiro atoms. The summed E-state index contributed by atoms with van der Waals surface area (Å²) in [5.74, 6) is -1.64. The van der Waals surface area contributed by atoms with E-state index in [0.29, 0.717) is 6.04 Å². The van der Waals surface area contributed by atoms with E-state index in [-0.39, 0.29) is 12.6 Å². The van der Waals surface area contributed by atoms with Crippen molar-refractivity contribution in [2.24, 2.45) is 0 Å². The molecule has 3 N–H and O–H groups in total. The maximum absolute atomic E-state index is 13.6. The molecule has 2 aliphatic heterocycles. The Labute approximate surface area is 140 Å². The van der Waals surface area contributed by atoms with Crippen LogP contribution < -0.4 is 10.6 Å². The lowest BCUT2D eigenvalue weighted by molar-refractivity contribution is 0.160. The number of nitrogens with one attached hydrogen (secondary N) is 2. The summed E-state index contributed by atoms with van der Waals surface area (Å²) < 4.78 is 27.2. The van der Waals surface area contributed by atoms with E-state index in [9.17, 15) is 18.7 Å². The largest absolute Gasteiger partial charge is 0.386 e. The fraction of sp³-hybridized carbons (Fsp3) is 0.588. The van der Waals surface area contributed by atoms with Gasteiger partial charge in [-0.1, -0.05) is 12.5 Å². The van der Waals surface area contributed by atoms with E-state index in [1.165, 1.54) is 18.9 Å². The molecule has 0 aromatic heterocycles. The van der Waals surface area contributed by atoms with Crippen LogP contribution in [0.25, 0.3) is 0 Å². The van der Waals surface area contributed by atoms with Crippen molar-refractivity contribution in [2.75, 3.05) is 19.6 Å². The maximum atomic E-state index is 13.6. The van der Waals surface area contributed by atoms with Gasteiger partial charge >= 0.3 is 6.03 Å². The fourth-order valence-electron chi connectivity index (χ4n) is 3.76. The van der Waals surface area contributed by atoms with Crippen molar-refractivity contribution in [3.8, 4) is 0 Å². The van der Waals surface area contributed by atoms with Gasteiger partial charge in [0.2, 0.25) is 0 Å². The molecule has 7 heteroatoms. The van der Waals surface area contributed by atoms with Gasteiger partial charge in [-0.05, 0) is 37.9 Å². The molecule has 0 bridgehead atoms. The predicted octanol–water partition coefficient (Wildman–Crippen LogP) is 1.92. The molecule has 1 aromatic carbocycles. The second kappa shape index (κ2) is 7.44. The van der Waals surface area contributed by atoms with Gasteiger partial charge in [0.05, 0.1) is 5.56 Å². The highest BCUT2D eigenvalue weighted by Gasteiger charge is 2.36. The van der Waals surface area contributed by atoms with Crippen LogP contribution >= 0.6 is 0 Å². The average molecular weight is 339 g/mol. The number of hydrogen-bond acceptors (Lipinski definition) is 3. The van der Waals surface area contributed by atoms with Crippen LogP contribution in [0.15, 0.2) is 18.2 Å². The minimum Gasteiger partial charge on any atom is -0.386 e. The molecule has 2 aliphatic rings. The van der Waals surface area contributed by atoms with E-state index in [1.54, 1.807) is 0 Å². The Kier molecular flexibility index (Phi) is 5.30. The highest BCUT2D eigenvalue weighted by atomic mass is 19.1. The van der Waals surface area contributed by atoms with Crippen LogP contribution in [0.2, 0.25) is 0 Å². The van der Waals surface area contributed by atoms with E-state index in [2.05, 4.69) is 15.5 Å². The SMILES string of the molecule is O=C(NCC(O)c1c(F)cccc1F)NC1CCN2CCCCC12. The van der Waals surface area contributed by atoms with Crippen molar-refractivity contribution in [3.05, 3.63) is 35.4 Å². The Bertz CT molecular complexity index is 579. The summed E-state index contributed by atoms with van der Waals surface area (Å²) >= 11 is 0. The fourth-order valence-corrected chi connectivity index (χ4v) is 3.76. The molecule has 3 unspecified atom stereocenters. The summed E-state index contributed by atoms with van der Waals surface area (Å²) in [5.41, 5.74) is -0.419. The first-order valence-corrected chi connectivity index (χ1v) is 8.46. The molecule has 1 aromatic rings. The summed E-state index contributed by atoms with van der Waals surface area (Å²) in [6.07, 6.45) is 2.94. The average Bonchev–Trinajstić information content (AvgIpc) is 2.96. The second-order valence-corrected chi connectivity index (χ2v) is 6.50. The number of carbonyl (C=O) groups excluding carboxylic acids is 1. The molecule has 2 amide bonds. The Morgan fingerprint density at radius 1 is 1.25 bits per heavy atom. The first-order chi connectivity index (χ1) is 11.6. The summed E-state index contributed by atoms with van der Waals surface area (Å²) in [4.78, 5) is 14.4. The predicted molar refractivity (Wildman–Crippen MR) is 85.5 cm³/mol. The van der Waals surface area contributed by atoms with Crippen molar-refractivity contribution in [1.29, 1.82) is 0 Å². The molecule has 3 atom stereocenters. The van der Waals surface area contributed by atoms with Gasteiger partial charge in [0.1, 0.15) is 17.7 Å². The van der Waals surface area contributed by atoms with E-state index < -0.39 is 29.3 Å². The molecule has 0 saturated carbocycles. The van der Waals surface area contributed by atoms with E-state index in [1.807, 2.05) is 0 Å². The van der Waals surface area contributed by atoms with Crippen LogP contribution in [0.4, 0.5) is 13.6 Å². The third kappa shape index (κ3) is 3.67. The third-order valence-corrected chi connectivity index (χ3v) is 4.96. The molecule has 2 saturated heterocycles. The van der Waals surface area contributed by atoms with Gasteiger partial charge in [0.25, 0.3) is 0 Å². The van der Waals surface area contributed by atoms with Crippen LogP contribution in [0, 0.1) is 11.6 Å². The van der Waals surface area contributed by atoms with Crippen LogP contribution in [-0.4, -0.2) is 47.8 Å². The smallest absolute Gasteiger partial charge is 0.315 e. The first-order valence-electron chi connectivity index (χ1n) is 8.46. The lowest BCUT2D eigenvalue weighted by Crippen LogP contribution is -2.50. The number of hydrogen-bond donors (Lipinski definition) is 3. The quantitative estimate of drug-likeness (QED) is 0.785. The van der Waals surface area contributed by atoms with Gasteiger partial charge in [-0.2, -0.15) is 0 Å². The first kappa shape index (κ1) is 17.1. The van der Waals surface area contributed by atoms with Gasteiger partial charge in [-0.25, -0.2) is 13.6 Å². The Hall–Kier alpha value is -1.73. The van der Waals surface area contributed by atoms with E-state index in [0.717, 1.165) is 38.1 Å². The molecule has 2 fully saturated rings. The number of halogens is 2. The number of amides is 2. The van der Waals surface area contributed by atoms with E-state index >= 15 is 0 Å². The van der Waals surface area contributed by atoms with Crippen molar-refractivity contribution < 1.29 is 18.7 Å². The van der Waals surface area contributed by atoms with Crippen molar-refractivity contribution in [1.82, 2.24) is 15.5 Å². The zero-order valence-electron chi connectivity index (χ0n) is 13.5. The van der Waals surface area contributed by atoms with Crippen molar-refractivity contribution in [3.63, 3.8) is 0 Å². The Morgan fingerprint density at radius 3 is 2.75 bits per heavy atom.